The molecule has 0 bridgehead atoms. The molecule has 0 aliphatic carbocycles. The molecule has 0 aliphatic rings. The number of aromatic nitrogens is 1. The number of nitriles is 1. The van der Waals surface area contributed by atoms with E-state index in [1.54, 1.807) is 24.3 Å². The third-order valence-electron chi connectivity index (χ3n) is 4.12. The van der Waals surface area contributed by atoms with Crippen LogP contribution in [0.4, 0.5) is 0 Å². The van der Waals surface area contributed by atoms with Crippen molar-refractivity contribution in [3.63, 3.8) is 0 Å². The summed E-state index contributed by atoms with van der Waals surface area (Å²) in [5.74, 6) is -0.138. The van der Waals surface area contributed by atoms with Gasteiger partial charge in [-0.15, -0.1) is 0 Å². The zero-order valence-corrected chi connectivity index (χ0v) is 13.6. The average Bonchev–Trinajstić information content (AvgIpc) is 2.94. The highest BCUT2D eigenvalue weighted by Gasteiger charge is 2.07. The maximum absolute atomic E-state index is 12.1. The molecule has 4 nitrogen and oxygen atoms in total. The lowest BCUT2D eigenvalue weighted by molar-refractivity contribution is 0.0952. The lowest BCUT2D eigenvalue weighted by atomic mass is 10.1. The maximum atomic E-state index is 12.1. The van der Waals surface area contributed by atoms with Gasteiger partial charge >= 0.3 is 0 Å². The Morgan fingerprint density at radius 3 is 2.83 bits per heavy atom. The number of amides is 1. The second kappa shape index (κ2) is 7.01. The summed E-state index contributed by atoms with van der Waals surface area (Å²) in [6.07, 6.45) is 0.850. The van der Waals surface area contributed by atoms with Crippen LogP contribution in [-0.4, -0.2) is 17.0 Å². The first-order valence-electron chi connectivity index (χ1n) is 8.02. The van der Waals surface area contributed by atoms with Gasteiger partial charge in [0.05, 0.1) is 11.6 Å². The highest BCUT2D eigenvalue weighted by molar-refractivity contribution is 5.94. The van der Waals surface area contributed by atoms with Gasteiger partial charge in [-0.05, 0) is 49.1 Å². The minimum Gasteiger partial charge on any atom is -0.352 e. The van der Waals surface area contributed by atoms with E-state index >= 15 is 0 Å². The number of hydrogen-bond donors (Lipinski definition) is 1. The first-order chi connectivity index (χ1) is 11.7. The number of para-hydroxylation sites is 1. The Labute approximate surface area is 141 Å². The van der Waals surface area contributed by atoms with Gasteiger partial charge in [0.25, 0.3) is 5.91 Å². The molecule has 24 heavy (non-hydrogen) atoms. The molecule has 120 valence electrons. The quantitative estimate of drug-likeness (QED) is 0.730. The van der Waals surface area contributed by atoms with Gasteiger partial charge in [0, 0.05) is 29.9 Å². The minimum atomic E-state index is -0.138. The van der Waals surface area contributed by atoms with Crippen molar-refractivity contribution in [1.82, 2.24) is 9.88 Å². The van der Waals surface area contributed by atoms with Gasteiger partial charge in [0.1, 0.15) is 0 Å². The summed E-state index contributed by atoms with van der Waals surface area (Å²) in [6, 6.07) is 19.3. The number of fused-ring (bicyclic) bond motifs is 1. The van der Waals surface area contributed by atoms with Crippen LogP contribution in [0.3, 0.4) is 0 Å². The predicted molar refractivity (Wildman–Crippen MR) is 94.8 cm³/mol. The molecule has 3 rings (SSSR count). The van der Waals surface area contributed by atoms with E-state index in [1.807, 2.05) is 18.2 Å². The van der Waals surface area contributed by atoms with E-state index in [2.05, 4.69) is 35.0 Å². The maximum Gasteiger partial charge on any atom is 0.251 e. The van der Waals surface area contributed by atoms with E-state index in [1.165, 1.54) is 16.6 Å². The van der Waals surface area contributed by atoms with Gasteiger partial charge in [0.2, 0.25) is 0 Å². The lowest BCUT2D eigenvalue weighted by Gasteiger charge is -2.09. The largest absolute Gasteiger partial charge is 0.352 e. The predicted octanol–water partition coefficient (Wildman–Crippen LogP) is 3.64. The third-order valence-corrected chi connectivity index (χ3v) is 4.12. The molecule has 4 heteroatoms. The number of nitrogens with one attached hydrogen (secondary N) is 1. The molecular weight excluding hydrogens is 298 g/mol. The average molecular weight is 317 g/mol. The van der Waals surface area contributed by atoms with Crippen molar-refractivity contribution >= 4 is 16.8 Å². The zero-order chi connectivity index (χ0) is 16.9. The summed E-state index contributed by atoms with van der Waals surface area (Å²) in [6.45, 7) is 3.56. The summed E-state index contributed by atoms with van der Waals surface area (Å²) >= 11 is 0. The third kappa shape index (κ3) is 3.31. The van der Waals surface area contributed by atoms with Gasteiger partial charge in [-0.3, -0.25) is 4.79 Å². The summed E-state index contributed by atoms with van der Waals surface area (Å²) < 4.78 is 2.28. The van der Waals surface area contributed by atoms with E-state index in [9.17, 15) is 4.79 Å². The highest BCUT2D eigenvalue weighted by atomic mass is 16.1. The van der Waals surface area contributed by atoms with Gasteiger partial charge in [-0.25, -0.2) is 0 Å². The highest BCUT2D eigenvalue weighted by Crippen LogP contribution is 2.19. The summed E-state index contributed by atoms with van der Waals surface area (Å²) in [7, 11) is 0. The Kier molecular flexibility index (Phi) is 4.62. The number of rotatable bonds is 5. The lowest BCUT2D eigenvalue weighted by Crippen LogP contribution is -2.25. The van der Waals surface area contributed by atoms with E-state index in [-0.39, 0.29) is 5.91 Å². The van der Waals surface area contributed by atoms with Crippen LogP contribution in [0.15, 0.2) is 54.6 Å². The van der Waals surface area contributed by atoms with Crippen molar-refractivity contribution < 1.29 is 4.79 Å². The molecule has 0 spiro atoms. The topological polar surface area (TPSA) is 57.8 Å². The van der Waals surface area contributed by atoms with Crippen molar-refractivity contribution in [2.24, 2.45) is 0 Å². The number of hydrogen-bond acceptors (Lipinski definition) is 2. The molecule has 0 unspecified atom stereocenters. The zero-order valence-electron chi connectivity index (χ0n) is 13.6. The molecule has 0 atom stereocenters. The fourth-order valence-corrected chi connectivity index (χ4v) is 2.92. The van der Waals surface area contributed by atoms with Crippen LogP contribution in [0.2, 0.25) is 0 Å². The molecule has 0 saturated heterocycles. The summed E-state index contributed by atoms with van der Waals surface area (Å²) in [5.41, 5.74) is 3.47. The molecule has 3 aromatic rings. The summed E-state index contributed by atoms with van der Waals surface area (Å²) in [4.78, 5) is 12.1. The first kappa shape index (κ1) is 15.8. The monoisotopic (exact) mass is 317 g/mol. The van der Waals surface area contributed by atoms with Crippen molar-refractivity contribution in [2.75, 3.05) is 6.54 Å². The Morgan fingerprint density at radius 2 is 2.00 bits per heavy atom. The number of aryl methyl sites for hydroxylation is 2. The van der Waals surface area contributed by atoms with Gasteiger partial charge in [0.15, 0.2) is 0 Å². The Morgan fingerprint density at radius 1 is 1.17 bits per heavy atom. The summed E-state index contributed by atoms with van der Waals surface area (Å²) in [5, 5.41) is 13.1. The fourth-order valence-electron chi connectivity index (χ4n) is 2.92. The SMILES string of the molecule is Cc1cc2ccccc2n1CCCNC(=O)c1cccc(C#N)c1. The van der Waals surface area contributed by atoms with E-state index in [4.69, 9.17) is 5.26 Å². The minimum absolute atomic E-state index is 0.138. The molecule has 2 aromatic carbocycles. The molecule has 0 radical (unpaired) electrons. The van der Waals surface area contributed by atoms with E-state index in [0.29, 0.717) is 17.7 Å². The number of benzene rings is 2. The molecule has 1 amide bonds. The molecular formula is C20H19N3O. The number of nitrogens with zero attached hydrogens (tertiary/aromatic N) is 2. The Bertz CT molecular complexity index is 918. The smallest absolute Gasteiger partial charge is 0.251 e. The van der Waals surface area contributed by atoms with Crippen molar-refractivity contribution in [1.29, 1.82) is 5.26 Å². The van der Waals surface area contributed by atoms with Gasteiger partial charge in [-0.2, -0.15) is 5.26 Å². The number of carbonyl (C=O) groups is 1. The molecule has 1 N–H and O–H groups in total. The van der Waals surface area contributed by atoms with E-state index in [0.717, 1.165) is 13.0 Å². The molecule has 1 aromatic heterocycles. The Hall–Kier alpha value is -3.06. The van der Waals surface area contributed by atoms with Crippen LogP contribution in [-0.2, 0) is 6.54 Å². The van der Waals surface area contributed by atoms with E-state index < -0.39 is 0 Å². The molecule has 0 fully saturated rings. The van der Waals surface area contributed by atoms with Crippen molar-refractivity contribution in [2.45, 2.75) is 19.9 Å². The second-order valence-electron chi connectivity index (χ2n) is 5.80. The Balaban J connectivity index is 1.58. The van der Waals surface area contributed by atoms with Crippen LogP contribution >= 0.6 is 0 Å². The molecule has 0 saturated carbocycles. The fraction of sp³-hybridized carbons (Fsp3) is 0.200. The van der Waals surface area contributed by atoms with Crippen molar-refractivity contribution in [3.8, 4) is 6.07 Å². The van der Waals surface area contributed by atoms with Crippen LogP contribution < -0.4 is 5.32 Å². The van der Waals surface area contributed by atoms with Crippen LogP contribution in [0.5, 0.6) is 0 Å². The van der Waals surface area contributed by atoms with Gasteiger partial charge < -0.3 is 9.88 Å². The number of carbonyl (C=O) groups excluding carboxylic acids is 1. The molecule has 1 heterocycles. The normalized spacial score (nSPS) is 10.5. The first-order valence-corrected chi connectivity index (χ1v) is 8.02. The van der Waals surface area contributed by atoms with Crippen LogP contribution in [0, 0.1) is 18.3 Å². The van der Waals surface area contributed by atoms with Crippen LogP contribution in [0.25, 0.3) is 10.9 Å². The molecule has 0 aliphatic heterocycles. The van der Waals surface area contributed by atoms with Crippen LogP contribution in [0.1, 0.15) is 28.0 Å². The standard InChI is InChI=1S/C20H19N3O/c1-15-12-17-7-2-3-9-19(17)23(15)11-5-10-22-20(24)18-8-4-6-16(13-18)14-21/h2-4,6-9,12-13H,5,10-11H2,1H3,(H,22,24). The van der Waals surface area contributed by atoms with Crippen molar-refractivity contribution in [3.05, 3.63) is 71.4 Å². The van der Waals surface area contributed by atoms with Gasteiger partial charge in [-0.1, -0.05) is 24.3 Å². The second-order valence-corrected chi connectivity index (χ2v) is 5.80.